The topological polar surface area (TPSA) is 79.7 Å². The van der Waals surface area contributed by atoms with Gasteiger partial charge in [-0.3, -0.25) is 14.5 Å². The zero-order chi connectivity index (χ0) is 25.2. The molecule has 1 aliphatic heterocycles. The average Bonchev–Trinajstić information content (AvgIpc) is 3.50. The number of aryl methyl sites for hydroxylation is 1. The second-order valence-corrected chi connectivity index (χ2v) is 9.18. The van der Waals surface area contributed by atoms with Gasteiger partial charge >= 0.3 is 5.91 Å². The van der Waals surface area contributed by atoms with Crippen LogP contribution >= 0.6 is 11.3 Å². The summed E-state index contributed by atoms with van der Waals surface area (Å²) in [6, 6.07) is 19.2. The predicted octanol–water partition coefficient (Wildman–Crippen LogP) is 5.80. The fraction of sp³-hybridized carbons (Fsp3) is 0.107. The molecule has 1 atom stereocenters. The van der Waals surface area contributed by atoms with E-state index in [1.165, 1.54) is 24.4 Å². The molecule has 0 spiro atoms. The van der Waals surface area contributed by atoms with Crippen LogP contribution in [-0.2, 0) is 16.2 Å². The Balaban J connectivity index is 1.50. The molecule has 0 aliphatic carbocycles. The summed E-state index contributed by atoms with van der Waals surface area (Å²) in [7, 11) is 0. The minimum atomic E-state index is -1.16. The van der Waals surface area contributed by atoms with E-state index in [4.69, 9.17) is 4.74 Å². The molecule has 1 aliphatic rings. The van der Waals surface area contributed by atoms with Crippen LogP contribution in [-0.4, -0.2) is 21.8 Å². The number of thiazole rings is 1. The molecule has 5 rings (SSSR count). The van der Waals surface area contributed by atoms with Gasteiger partial charge in [0.05, 0.1) is 5.57 Å². The molecule has 1 fully saturated rings. The number of ketones is 1. The quantitative estimate of drug-likeness (QED) is 0.206. The van der Waals surface area contributed by atoms with Gasteiger partial charge < -0.3 is 9.84 Å². The van der Waals surface area contributed by atoms with Crippen LogP contribution < -0.4 is 9.64 Å². The van der Waals surface area contributed by atoms with Crippen molar-refractivity contribution in [2.75, 3.05) is 4.90 Å². The van der Waals surface area contributed by atoms with Gasteiger partial charge in [0.15, 0.2) is 5.13 Å². The van der Waals surface area contributed by atoms with Gasteiger partial charge in [0.2, 0.25) is 0 Å². The number of benzene rings is 3. The lowest BCUT2D eigenvalue weighted by atomic mass is 9.95. The molecule has 6 nitrogen and oxygen atoms in total. The molecule has 0 radical (unpaired) electrons. The van der Waals surface area contributed by atoms with Crippen LogP contribution in [0.15, 0.2) is 89.9 Å². The lowest BCUT2D eigenvalue weighted by Crippen LogP contribution is -2.29. The number of hydrogen-bond donors (Lipinski definition) is 1. The number of anilines is 1. The Morgan fingerprint density at radius 2 is 1.86 bits per heavy atom. The minimum absolute atomic E-state index is 0.0894. The van der Waals surface area contributed by atoms with Gasteiger partial charge in [-0.25, -0.2) is 9.37 Å². The Hall–Kier alpha value is -4.30. The van der Waals surface area contributed by atoms with Crippen molar-refractivity contribution in [1.82, 2.24) is 4.98 Å². The molecular weight excluding hydrogens is 479 g/mol. The Kier molecular flexibility index (Phi) is 6.35. The highest BCUT2D eigenvalue weighted by Gasteiger charge is 2.48. The van der Waals surface area contributed by atoms with Crippen molar-refractivity contribution in [2.45, 2.75) is 19.6 Å². The first-order chi connectivity index (χ1) is 17.4. The van der Waals surface area contributed by atoms with Crippen LogP contribution in [0, 0.1) is 12.7 Å². The Morgan fingerprint density at radius 3 is 2.56 bits per heavy atom. The first kappa shape index (κ1) is 23.4. The van der Waals surface area contributed by atoms with E-state index in [1.54, 1.807) is 35.7 Å². The van der Waals surface area contributed by atoms with E-state index in [0.29, 0.717) is 17.9 Å². The molecule has 36 heavy (non-hydrogen) atoms. The molecule has 0 bridgehead atoms. The molecule has 4 aromatic rings. The third-order valence-corrected chi connectivity index (χ3v) is 6.66. The molecular formula is C28H21FN2O4S. The molecule has 1 amide bonds. The maximum absolute atomic E-state index is 14.9. The molecule has 2 heterocycles. The normalized spacial score (nSPS) is 16.9. The van der Waals surface area contributed by atoms with Crippen LogP contribution in [0.1, 0.15) is 28.3 Å². The van der Waals surface area contributed by atoms with Gasteiger partial charge in [0.1, 0.15) is 30.0 Å². The van der Waals surface area contributed by atoms with Crippen LogP contribution in [0.25, 0.3) is 5.76 Å². The third-order valence-electron chi connectivity index (χ3n) is 5.89. The maximum Gasteiger partial charge on any atom is 0.301 e. The number of carbonyl (C=O) groups is 2. The van der Waals surface area contributed by atoms with Gasteiger partial charge in [-0.2, -0.15) is 0 Å². The van der Waals surface area contributed by atoms with Crippen LogP contribution in [0.3, 0.4) is 0 Å². The summed E-state index contributed by atoms with van der Waals surface area (Å²) >= 11 is 1.14. The number of aromatic nitrogens is 1. The molecule has 180 valence electrons. The molecule has 3 aromatic carbocycles. The number of Topliss-reactive ketones (excluding diaryl/α,β-unsaturated/α-hetero) is 1. The maximum atomic E-state index is 14.9. The molecule has 1 N–H and O–H groups in total. The summed E-state index contributed by atoms with van der Waals surface area (Å²) in [5.41, 5.74) is 2.35. The molecule has 1 aromatic heterocycles. The number of aliphatic hydroxyl groups is 1. The number of hydrogen-bond acceptors (Lipinski definition) is 6. The first-order valence-electron chi connectivity index (χ1n) is 11.2. The van der Waals surface area contributed by atoms with E-state index in [1.807, 2.05) is 31.2 Å². The first-order valence-corrected chi connectivity index (χ1v) is 12.1. The van der Waals surface area contributed by atoms with Crippen molar-refractivity contribution in [3.05, 3.63) is 118 Å². The molecule has 0 unspecified atom stereocenters. The number of ether oxygens (including phenoxy) is 1. The average molecular weight is 501 g/mol. The number of carbonyl (C=O) groups excluding carboxylic acids is 2. The van der Waals surface area contributed by atoms with Gasteiger partial charge in [0.25, 0.3) is 5.78 Å². The number of rotatable bonds is 6. The summed E-state index contributed by atoms with van der Waals surface area (Å²) in [5.74, 6) is -2.21. The van der Waals surface area contributed by atoms with E-state index in [9.17, 15) is 19.1 Å². The smallest absolute Gasteiger partial charge is 0.301 e. The van der Waals surface area contributed by atoms with Crippen LogP contribution in [0.2, 0.25) is 0 Å². The molecule has 0 saturated carbocycles. The fourth-order valence-corrected chi connectivity index (χ4v) is 4.86. The summed E-state index contributed by atoms with van der Waals surface area (Å²) in [6.45, 7) is 2.38. The van der Waals surface area contributed by atoms with Gasteiger partial charge in [-0.05, 0) is 42.8 Å². The predicted molar refractivity (Wildman–Crippen MR) is 135 cm³/mol. The van der Waals surface area contributed by atoms with E-state index in [0.717, 1.165) is 27.4 Å². The van der Waals surface area contributed by atoms with Gasteiger partial charge in [-0.15, -0.1) is 11.3 Å². The van der Waals surface area contributed by atoms with Crippen LogP contribution in [0.4, 0.5) is 9.52 Å². The zero-order valence-electron chi connectivity index (χ0n) is 19.2. The number of amides is 1. The largest absolute Gasteiger partial charge is 0.507 e. The second-order valence-electron chi connectivity index (χ2n) is 8.31. The summed E-state index contributed by atoms with van der Waals surface area (Å²) in [5, 5.41) is 13.1. The Labute approximate surface area is 210 Å². The monoisotopic (exact) mass is 500 g/mol. The van der Waals surface area contributed by atoms with E-state index >= 15 is 0 Å². The SMILES string of the molecule is Cc1cccc(COc2ccc(/C(O)=C3\C(=O)C(=O)N(c4nccs4)[C@@H]3c3ccccc3F)cc2)c1. The number of nitrogens with zero attached hydrogens (tertiary/aromatic N) is 2. The van der Waals surface area contributed by atoms with Gasteiger partial charge in [0, 0.05) is 22.7 Å². The van der Waals surface area contributed by atoms with E-state index < -0.39 is 29.3 Å². The highest BCUT2D eigenvalue weighted by atomic mass is 32.1. The molecule has 8 heteroatoms. The summed E-state index contributed by atoms with van der Waals surface area (Å²) in [6.07, 6.45) is 1.49. The Morgan fingerprint density at radius 1 is 1.08 bits per heavy atom. The number of aliphatic hydroxyl groups excluding tert-OH is 1. The molecule has 1 saturated heterocycles. The fourth-order valence-electron chi connectivity index (χ4n) is 4.19. The minimum Gasteiger partial charge on any atom is -0.507 e. The number of halogens is 1. The zero-order valence-corrected chi connectivity index (χ0v) is 20.0. The van der Waals surface area contributed by atoms with Crippen molar-refractivity contribution < 1.29 is 23.8 Å². The van der Waals surface area contributed by atoms with Crippen molar-refractivity contribution >= 4 is 33.9 Å². The highest BCUT2D eigenvalue weighted by Crippen LogP contribution is 2.43. The van der Waals surface area contributed by atoms with Crippen molar-refractivity contribution in [3.63, 3.8) is 0 Å². The van der Waals surface area contributed by atoms with Crippen molar-refractivity contribution in [2.24, 2.45) is 0 Å². The second kappa shape index (κ2) is 9.75. The highest BCUT2D eigenvalue weighted by molar-refractivity contribution is 7.14. The lowest BCUT2D eigenvalue weighted by Gasteiger charge is -2.23. The van der Waals surface area contributed by atoms with E-state index in [-0.39, 0.29) is 16.3 Å². The summed E-state index contributed by atoms with van der Waals surface area (Å²) in [4.78, 5) is 31.4. The van der Waals surface area contributed by atoms with Crippen LogP contribution in [0.5, 0.6) is 5.75 Å². The third kappa shape index (κ3) is 4.38. The van der Waals surface area contributed by atoms with E-state index in [2.05, 4.69) is 4.98 Å². The van der Waals surface area contributed by atoms with Gasteiger partial charge in [-0.1, -0.05) is 48.0 Å². The standard InChI is InChI=1S/C28H21FN2O4S/c1-17-5-4-6-18(15-17)16-35-20-11-9-19(10-12-20)25(32)23-24(21-7-2-3-8-22(21)29)31(27(34)26(23)33)28-30-13-14-36-28/h2-15,24,32H,16H2,1H3/b25-23+/t24-/m1/s1. The van der Waals surface area contributed by atoms with Crippen molar-refractivity contribution in [3.8, 4) is 5.75 Å². The Bertz CT molecular complexity index is 1470. The lowest BCUT2D eigenvalue weighted by molar-refractivity contribution is -0.132. The summed E-state index contributed by atoms with van der Waals surface area (Å²) < 4.78 is 20.7. The van der Waals surface area contributed by atoms with Crippen molar-refractivity contribution in [1.29, 1.82) is 0 Å².